The second-order valence-electron chi connectivity index (χ2n) is 6.22. The normalized spacial score (nSPS) is 13.7. The van der Waals surface area contributed by atoms with Gasteiger partial charge in [-0.05, 0) is 43.2 Å². The number of nitrogens with one attached hydrogen (secondary N) is 3. The minimum Gasteiger partial charge on any atom is -0.326 e. The van der Waals surface area contributed by atoms with Gasteiger partial charge in [-0.2, -0.15) is 0 Å². The van der Waals surface area contributed by atoms with Crippen LogP contribution < -0.4 is 15.4 Å². The molecule has 1 aliphatic rings. The third-order valence-corrected chi connectivity index (χ3v) is 4.39. The number of carbonyl (C=O) groups excluding carboxylic acids is 2. The molecular weight excluding hydrogens is 354 g/mol. The molecular formula is C18H19N3O4S. The van der Waals surface area contributed by atoms with Crippen LogP contribution in [0.15, 0.2) is 48.5 Å². The van der Waals surface area contributed by atoms with Crippen LogP contribution in [0.4, 0.5) is 17.1 Å². The van der Waals surface area contributed by atoms with Crippen LogP contribution >= 0.6 is 0 Å². The van der Waals surface area contributed by atoms with Crippen LogP contribution in [0, 0.1) is 5.92 Å². The van der Waals surface area contributed by atoms with Crippen molar-refractivity contribution in [1.29, 1.82) is 0 Å². The van der Waals surface area contributed by atoms with E-state index < -0.39 is 15.9 Å². The van der Waals surface area contributed by atoms with Crippen molar-refractivity contribution in [2.75, 3.05) is 21.6 Å². The van der Waals surface area contributed by atoms with Crippen LogP contribution in [0.5, 0.6) is 0 Å². The minimum absolute atomic E-state index is 0.0174. The highest BCUT2D eigenvalue weighted by atomic mass is 32.2. The molecule has 1 aliphatic carbocycles. The Kier molecular flexibility index (Phi) is 4.94. The zero-order valence-electron chi connectivity index (χ0n) is 14.2. The third kappa shape index (κ3) is 4.82. The molecule has 1 fully saturated rings. The minimum atomic E-state index is -3.51. The first-order valence-electron chi connectivity index (χ1n) is 8.11. The summed E-state index contributed by atoms with van der Waals surface area (Å²) in [5, 5.41) is 5.54. The van der Waals surface area contributed by atoms with Crippen LogP contribution in [0.25, 0.3) is 0 Å². The number of amides is 2. The van der Waals surface area contributed by atoms with Gasteiger partial charge in [-0.1, -0.05) is 18.2 Å². The average molecular weight is 373 g/mol. The Bertz CT molecular complexity index is 952. The molecule has 0 spiro atoms. The number of hydrogen-bond acceptors (Lipinski definition) is 4. The molecule has 0 radical (unpaired) electrons. The summed E-state index contributed by atoms with van der Waals surface area (Å²) < 4.78 is 25.2. The van der Waals surface area contributed by atoms with Crippen molar-refractivity contribution in [3.05, 3.63) is 54.1 Å². The van der Waals surface area contributed by atoms with Crippen LogP contribution in [-0.2, 0) is 14.8 Å². The van der Waals surface area contributed by atoms with Crippen LogP contribution in [-0.4, -0.2) is 26.5 Å². The summed E-state index contributed by atoms with van der Waals surface area (Å²) in [5.41, 5.74) is 1.50. The van der Waals surface area contributed by atoms with Gasteiger partial charge in [0.2, 0.25) is 15.9 Å². The highest BCUT2D eigenvalue weighted by molar-refractivity contribution is 7.92. The van der Waals surface area contributed by atoms with Gasteiger partial charge in [-0.15, -0.1) is 0 Å². The molecule has 8 heteroatoms. The van der Waals surface area contributed by atoms with Crippen molar-refractivity contribution < 1.29 is 18.0 Å². The lowest BCUT2D eigenvalue weighted by molar-refractivity contribution is -0.117. The summed E-state index contributed by atoms with van der Waals surface area (Å²) in [6.07, 6.45) is 2.84. The topological polar surface area (TPSA) is 104 Å². The Morgan fingerprint density at radius 1 is 0.962 bits per heavy atom. The molecule has 0 heterocycles. The maximum atomic E-state index is 12.5. The first-order valence-corrected chi connectivity index (χ1v) is 10.00. The van der Waals surface area contributed by atoms with E-state index in [-0.39, 0.29) is 23.1 Å². The molecule has 0 atom stereocenters. The summed E-state index contributed by atoms with van der Waals surface area (Å²) >= 11 is 0. The summed E-state index contributed by atoms with van der Waals surface area (Å²) in [6, 6.07) is 13.1. The Morgan fingerprint density at radius 3 is 2.27 bits per heavy atom. The van der Waals surface area contributed by atoms with Crippen LogP contribution in [0.3, 0.4) is 0 Å². The van der Waals surface area contributed by atoms with Gasteiger partial charge in [0.15, 0.2) is 0 Å². The van der Waals surface area contributed by atoms with E-state index in [0.29, 0.717) is 11.4 Å². The predicted octanol–water partition coefficient (Wildman–Crippen LogP) is 2.66. The van der Waals surface area contributed by atoms with E-state index in [1.807, 2.05) is 0 Å². The lowest BCUT2D eigenvalue weighted by Crippen LogP contribution is -2.18. The Labute approximate surface area is 151 Å². The monoisotopic (exact) mass is 373 g/mol. The number of anilines is 3. The van der Waals surface area contributed by atoms with Gasteiger partial charge < -0.3 is 10.6 Å². The van der Waals surface area contributed by atoms with Gasteiger partial charge in [-0.3, -0.25) is 14.3 Å². The highest BCUT2D eigenvalue weighted by Crippen LogP contribution is 2.30. The van der Waals surface area contributed by atoms with Gasteiger partial charge in [-0.25, -0.2) is 8.42 Å². The van der Waals surface area contributed by atoms with Gasteiger partial charge in [0, 0.05) is 17.3 Å². The van der Waals surface area contributed by atoms with Crippen LogP contribution in [0.2, 0.25) is 0 Å². The fraction of sp³-hybridized carbons (Fsp3) is 0.222. The van der Waals surface area contributed by atoms with Gasteiger partial charge in [0.25, 0.3) is 5.91 Å². The van der Waals surface area contributed by atoms with E-state index in [4.69, 9.17) is 0 Å². The molecule has 0 bridgehead atoms. The van der Waals surface area contributed by atoms with Crippen molar-refractivity contribution in [3.8, 4) is 0 Å². The standard InChI is InChI=1S/C18H19N3O4S/c1-26(24,25)21-16-8-3-2-7-15(16)18(23)20-14-6-4-5-13(11-14)19-17(22)12-9-10-12/h2-8,11-12,21H,9-10H2,1H3,(H,19,22)(H,20,23). The first kappa shape index (κ1) is 17.9. The summed E-state index contributed by atoms with van der Waals surface area (Å²) in [7, 11) is -3.51. The molecule has 0 aromatic heterocycles. The molecule has 3 N–H and O–H groups in total. The molecule has 2 aromatic carbocycles. The van der Waals surface area contributed by atoms with Crippen molar-refractivity contribution >= 4 is 38.9 Å². The van der Waals surface area contributed by atoms with E-state index in [9.17, 15) is 18.0 Å². The maximum absolute atomic E-state index is 12.5. The van der Waals surface area contributed by atoms with Gasteiger partial charge >= 0.3 is 0 Å². The molecule has 7 nitrogen and oxygen atoms in total. The molecule has 1 saturated carbocycles. The van der Waals surface area contributed by atoms with Crippen molar-refractivity contribution in [1.82, 2.24) is 0 Å². The Balaban J connectivity index is 1.75. The lowest BCUT2D eigenvalue weighted by Gasteiger charge is -2.12. The second kappa shape index (κ2) is 7.17. The van der Waals surface area contributed by atoms with E-state index in [1.54, 1.807) is 36.4 Å². The van der Waals surface area contributed by atoms with E-state index in [2.05, 4.69) is 15.4 Å². The zero-order chi connectivity index (χ0) is 18.7. The largest absolute Gasteiger partial charge is 0.326 e. The molecule has 2 amide bonds. The number of para-hydroxylation sites is 1. The van der Waals surface area contributed by atoms with Crippen LogP contribution in [0.1, 0.15) is 23.2 Å². The van der Waals surface area contributed by atoms with Crippen molar-refractivity contribution in [3.63, 3.8) is 0 Å². The van der Waals surface area contributed by atoms with Gasteiger partial charge in [0.05, 0.1) is 17.5 Å². The maximum Gasteiger partial charge on any atom is 0.257 e. The van der Waals surface area contributed by atoms with Crippen molar-refractivity contribution in [2.24, 2.45) is 5.92 Å². The lowest BCUT2D eigenvalue weighted by atomic mass is 10.1. The number of benzene rings is 2. The summed E-state index contributed by atoms with van der Waals surface area (Å²) in [5.74, 6) is -0.388. The second-order valence-corrected chi connectivity index (χ2v) is 7.97. The van der Waals surface area contributed by atoms with E-state index in [1.165, 1.54) is 12.1 Å². The Morgan fingerprint density at radius 2 is 1.62 bits per heavy atom. The molecule has 2 aromatic rings. The third-order valence-electron chi connectivity index (χ3n) is 3.80. The van der Waals surface area contributed by atoms with E-state index in [0.717, 1.165) is 19.1 Å². The smallest absolute Gasteiger partial charge is 0.257 e. The zero-order valence-corrected chi connectivity index (χ0v) is 15.0. The van der Waals surface area contributed by atoms with E-state index >= 15 is 0 Å². The SMILES string of the molecule is CS(=O)(=O)Nc1ccccc1C(=O)Nc1cccc(NC(=O)C2CC2)c1. The number of carbonyl (C=O) groups is 2. The molecule has 136 valence electrons. The number of hydrogen-bond donors (Lipinski definition) is 3. The molecule has 26 heavy (non-hydrogen) atoms. The average Bonchev–Trinajstić information content (AvgIpc) is 3.39. The van der Waals surface area contributed by atoms with Gasteiger partial charge in [0.1, 0.15) is 0 Å². The molecule has 0 aliphatic heterocycles. The summed E-state index contributed by atoms with van der Waals surface area (Å²) in [4.78, 5) is 24.4. The number of rotatable bonds is 6. The molecule has 0 saturated heterocycles. The fourth-order valence-corrected chi connectivity index (χ4v) is 3.01. The fourth-order valence-electron chi connectivity index (χ4n) is 2.43. The molecule has 0 unspecified atom stereocenters. The first-order chi connectivity index (χ1) is 12.3. The quantitative estimate of drug-likeness (QED) is 0.724. The summed E-state index contributed by atoms with van der Waals surface area (Å²) in [6.45, 7) is 0. The Hall–Kier alpha value is -2.87. The highest BCUT2D eigenvalue weighted by Gasteiger charge is 2.29. The predicted molar refractivity (Wildman–Crippen MR) is 101 cm³/mol. The van der Waals surface area contributed by atoms with Crippen molar-refractivity contribution in [2.45, 2.75) is 12.8 Å². The number of sulfonamides is 1. The molecule has 3 rings (SSSR count).